The topological polar surface area (TPSA) is 55.1 Å². The van der Waals surface area contributed by atoms with Crippen LogP contribution in [0.5, 0.6) is 0 Å². The maximum absolute atomic E-state index is 12.2. The van der Waals surface area contributed by atoms with Gasteiger partial charge in [0.05, 0.1) is 0 Å². The molecular formula is C18H22N2O. The van der Waals surface area contributed by atoms with Gasteiger partial charge >= 0.3 is 0 Å². The molecule has 2 aromatic rings. The number of benzene rings is 2. The fourth-order valence-electron chi connectivity index (χ4n) is 2.13. The summed E-state index contributed by atoms with van der Waals surface area (Å²) in [5.41, 5.74) is 10.2. The summed E-state index contributed by atoms with van der Waals surface area (Å²) >= 11 is 0. The molecule has 110 valence electrons. The summed E-state index contributed by atoms with van der Waals surface area (Å²) < 4.78 is 0. The van der Waals surface area contributed by atoms with E-state index in [1.807, 2.05) is 43.3 Å². The first kappa shape index (κ1) is 15.1. The maximum Gasteiger partial charge on any atom is 0.255 e. The van der Waals surface area contributed by atoms with Crippen LogP contribution in [0.4, 0.5) is 11.4 Å². The first-order valence-electron chi connectivity index (χ1n) is 7.36. The Labute approximate surface area is 126 Å². The van der Waals surface area contributed by atoms with E-state index in [-0.39, 0.29) is 5.91 Å². The Morgan fingerprint density at radius 3 is 2.48 bits per heavy atom. The van der Waals surface area contributed by atoms with Crippen LogP contribution in [0.1, 0.15) is 41.3 Å². The number of rotatable bonds is 5. The summed E-state index contributed by atoms with van der Waals surface area (Å²) in [5.74, 6) is -0.111. The van der Waals surface area contributed by atoms with Crippen molar-refractivity contribution < 1.29 is 4.79 Å². The molecule has 0 unspecified atom stereocenters. The van der Waals surface area contributed by atoms with Crippen molar-refractivity contribution in [1.82, 2.24) is 0 Å². The van der Waals surface area contributed by atoms with E-state index in [0.29, 0.717) is 11.3 Å². The van der Waals surface area contributed by atoms with Gasteiger partial charge in [0.25, 0.3) is 5.91 Å². The molecular weight excluding hydrogens is 260 g/mol. The number of aryl methyl sites for hydroxylation is 2. The number of carbonyl (C=O) groups excluding carboxylic acids is 1. The molecule has 0 radical (unpaired) electrons. The molecule has 1 amide bonds. The van der Waals surface area contributed by atoms with E-state index in [1.54, 1.807) is 6.07 Å². The van der Waals surface area contributed by atoms with E-state index < -0.39 is 0 Å². The lowest BCUT2D eigenvalue weighted by molar-refractivity contribution is 0.102. The standard InChI is InChI=1S/C18H22N2O/c1-3-4-5-14-7-9-15(10-8-14)18(21)20-16-11-6-13(2)17(19)12-16/h6-12H,3-5,19H2,1-2H3,(H,20,21). The summed E-state index contributed by atoms with van der Waals surface area (Å²) in [7, 11) is 0. The number of nitrogen functional groups attached to an aromatic ring is 1. The van der Waals surface area contributed by atoms with Crippen LogP contribution in [-0.4, -0.2) is 5.91 Å². The third kappa shape index (κ3) is 4.09. The highest BCUT2D eigenvalue weighted by Crippen LogP contribution is 2.18. The number of hydrogen-bond acceptors (Lipinski definition) is 2. The van der Waals surface area contributed by atoms with E-state index in [4.69, 9.17) is 5.73 Å². The molecule has 0 aliphatic rings. The van der Waals surface area contributed by atoms with Gasteiger partial charge in [-0.1, -0.05) is 31.5 Å². The number of nitrogens with one attached hydrogen (secondary N) is 1. The second kappa shape index (κ2) is 6.93. The number of nitrogens with two attached hydrogens (primary N) is 1. The molecule has 3 N–H and O–H groups in total. The normalized spacial score (nSPS) is 10.4. The van der Waals surface area contributed by atoms with Gasteiger partial charge < -0.3 is 11.1 Å². The van der Waals surface area contributed by atoms with Crippen molar-refractivity contribution in [2.75, 3.05) is 11.1 Å². The molecule has 21 heavy (non-hydrogen) atoms. The average molecular weight is 282 g/mol. The van der Waals surface area contributed by atoms with Crippen molar-refractivity contribution in [3.63, 3.8) is 0 Å². The van der Waals surface area contributed by atoms with Gasteiger partial charge in [0.2, 0.25) is 0 Å². The first-order chi connectivity index (χ1) is 10.1. The largest absolute Gasteiger partial charge is 0.398 e. The number of carbonyl (C=O) groups is 1. The monoisotopic (exact) mass is 282 g/mol. The molecule has 0 aromatic heterocycles. The van der Waals surface area contributed by atoms with Crippen molar-refractivity contribution in [2.45, 2.75) is 33.1 Å². The Kier molecular flexibility index (Phi) is 4.99. The van der Waals surface area contributed by atoms with Crippen LogP contribution in [0.15, 0.2) is 42.5 Å². The third-order valence-electron chi connectivity index (χ3n) is 3.57. The van der Waals surface area contributed by atoms with Gasteiger partial charge in [-0.2, -0.15) is 0 Å². The minimum atomic E-state index is -0.111. The molecule has 0 heterocycles. The van der Waals surface area contributed by atoms with Crippen molar-refractivity contribution in [3.05, 3.63) is 59.2 Å². The molecule has 0 saturated carbocycles. The second-order valence-electron chi connectivity index (χ2n) is 5.33. The van der Waals surface area contributed by atoms with Crippen LogP contribution in [0.3, 0.4) is 0 Å². The van der Waals surface area contributed by atoms with Gasteiger partial charge in [0, 0.05) is 16.9 Å². The lowest BCUT2D eigenvalue weighted by atomic mass is 10.1. The predicted molar refractivity (Wildman–Crippen MR) is 88.6 cm³/mol. The van der Waals surface area contributed by atoms with Crippen molar-refractivity contribution in [1.29, 1.82) is 0 Å². The van der Waals surface area contributed by atoms with E-state index in [0.717, 1.165) is 17.7 Å². The minimum absolute atomic E-state index is 0.111. The van der Waals surface area contributed by atoms with Crippen LogP contribution in [0.2, 0.25) is 0 Å². The Bertz CT molecular complexity index is 618. The lowest BCUT2D eigenvalue weighted by Crippen LogP contribution is -2.12. The second-order valence-corrected chi connectivity index (χ2v) is 5.33. The molecule has 0 saturated heterocycles. The van der Waals surface area contributed by atoms with Gasteiger partial charge in [-0.3, -0.25) is 4.79 Å². The Hall–Kier alpha value is -2.29. The minimum Gasteiger partial charge on any atom is -0.398 e. The van der Waals surface area contributed by atoms with Gasteiger partial charge in [-0.15, -0.1) is 0 Å². The molecule has 0 aliphatic heterocycles. The fourth-order valence-corrected chi connectivity index (χ4v) is 2.13. The van der Waals surface area contributed by atoms with Crippen molar-refractivity contribution in [3.8, 4) is 0 Å². The Balaban J connectivity index is 2.04. The van der Waals surface area contributed by atoms with Crippen LogP contribution < -0.4 is 11.1 Å². The third-order valence-corrected chi connectivity index (χ3v) is 3.57. The Morgan fingerprint density at radius 2 is 1.86 bits per heavy atom. The summed E-state index contributed by atoms with van der Waals surface area (Å²) in [4.78, 5) is 12.2. The zero-order valence-electron chi connectivity index (χ0n) is 12.6. The summed E-state index contributed by atoms with van der Waals surface area (Å²) in [6.07, 6.45) is 3.41. The van der Waals surface area contributed by atoms with Crippen LogP contribution in [0, 0.1) is 6.92 Å². The molecule has 0 aliphatic carbocycles. The molecule has 3 nitrogen and oxygen atoms in total. The molecule has 2 aromatic carbocycles. The summed E-state index contributed by atoms with van der Waals surface area (Å²) in [5, 5.41) is 2.87. The zero-order valence-corrected chi connectivity index (χ0v) is 12.6. The molecule has 3 heteroatoms. The number of anilines is 2. The Morgan fingerprint density at radius 1 is 1.14 bits per heavy atom. The van der Waals surface area contributed by atoms with Gasteiger partial charge in [0.1, 0.15) is 0 Å². The highest BCUT2D eigenvalue weighted by atomic mass is 16.1. The lowest BCUT2D eigenvalue weighted by Gasteiger charge is -2.08. The highest BCUT2D eigenvalue weighted by Gasteiger charge is 2.06. The molecule has 2 rings (SSSR count). The molecule has 0 spiro atoms. The SMILES string of the molecule is CCCCc1ccc(C(=O)Nc2ccc(C)c(N)c2)cc1. The quantitative estimate of drug-likeness (QED) is 0.809. The molecule has 0 fully saturated rings. The zero-order chi connectivity index (χ0) is 15.2. The average Bonchev–Trinajstić information content (AvgIpc) is 2.49. The predicted octanol–water partition coefficient (Wildman–Crippen LogP) is 4.17. The number of amides is 1. The summed E-state index contributed by atoms with van der Waals surface area (Å²) in [6, 6.07) is 13.3. The smallest absolute Gasteiger partial charge is 0.255 e. The van der Waals surface area contributed by atoms with Crippen molar-refractivity contribution in [2.24, 2.45) is 0 Å². The van der Waals surface area contributed by atoms with Gasteiger partial charge in [0.15, 0.2) is 0 Å². The first-order valence-corrected chi connectivity index (χ1v) is 7.36. The van der Waals surface area contributed by atoms with Gasteiger partial charge in [-0.25, -0.2) is 0 Å². The summed E-state index contributed by atoms with van der Waals surface area (Å²) in [6.45, 7) is 4.12. The van der Waals surface area contributed by atoms with Crippen LogP contribution in [-0.2, 0) is 6.42 Å². The molecule has 0 atom stereocenters. The fraction of sp³-hybridized carbons (Fsp3) is 0.278. The van der Waals surface area contributed by atoms with E-state index >= 15 is 0 Å². The van der Waals surface area contributed by atoms with E-state index in [9.17, 15) is 4.79 Å². The molecule has 0 bridgehead atoms. The number of hydrogen-bond donors (Lipinski definition) is 2. The number of unbranched alkanes of at least 4 members (excludes halogenated alkanes) is 1. The maximum atomic E-state index is 12.2. The van der Waals surface area contributed by atoms with E-state index in [2.05, 4.69) is 12.2 Å². The van der Waals surface area contributed by atoms with Crippen LogP contribution in [0.25, 0.3) is 0 Å². The highest BCUT2D eigenvalue weighted by molar-refractivity contribution is 6.04. The van der Waals surface area contributed by atoms with Gasteiger partial charge in [-0.05, 0) is 55.2 Å². The van der Waals surface area contributed by atoms with Crippen molar-refractivity contribution >= 4 is 17.3 Å². The van der Waals surface area contributed by atoms with Crippen LogP contribution >= 0.6 is 0 Å². The van der Waals surface area contributed by atoms with E-state index in [1.165, 1.54) is 18.4 Å².